The number of halogens is 1. The molecule has 82 valence electrons. The van der Waals surface area contributed by atoms with Gasteiger partial charge in [0.1, 0.15) is 6.73 Å². The molecule has 0 aromatic heterocycles. The van der Waals surface area contributed by atoms with Gasteiger partial charge in [-0.2, -0.15) is 0 Å². The summed E-state index contributed by atoms with van der Waals surface area (Å²) in [4.78, 5) is 12.9. The Kier molecular flexibility index (Phi) is 10.6. The highest BCUT2D eigenvalue weighted by atomic mass is 127. The van der Waals surface area contributed by atoms with Crippen LogP contribution in [0.15, 0.2) is 24.8 Å². The van der Waals surface area contributed by atoms with Crippen LogP contribution in [-0.2, 0) is 9.53 Å². The smallest absolute Gasteiger partial charge is 0.334 e. The van der Waals surface area contributed by atoms with Crippen molar-refractivity contribution >= 4 is 29.9 Å². The molecule has 0 aliphatic rings. The highest BCUT2D eigenvalue weighted by molar-refractivity contribution is 14.0. The van der Waals surface area contributed by atoms with E-state index in [4.69, 9.17) is 4.74 Å². The predicted octanol–water partition coefficient (Wildman–Crippen LogP) is 2.19. The van der Waals surface area contributed by atoms with Gasteiger partial charge in [0.15, 0.2) is 0 Å². The molecule has 0 saturated heterocycles. The van der Waals surface area contributed by atoms with Gasteiger partial charge in [-0.1, -0.05) is 12.7 Å². The highest BCUT2D eigenvalue weighted by Crippen LogP contribution is 2.04. The molecule has 0 fully saturated rings. The molecule has 4 heteroatoms. The molecule has 0 spiro atoms. The Hall–Kier alpha value is -0.360. The van der Waals surface area contributed by atoms with Crippen LogP contribution in [0.1, 0.15) is 12.8 Å². The van der Waals surface area contributed by atoms with Crippen LogP contribution in [-0.4, -0.2) is 31.7 Å². The number of carbonyl (C=O) groups excluding carboxylic acids is 1. The molecule has 0 heterocycles. The van der Waals surface area contributed by atoms with Gasteiger partial charge in [-0.05, 0) is 26.9 Å². The molecule has 0 amide bonds. The van der Waals surface area contributed by atoms with Gasteiger partial charge in [-0.25, -0.2) is 4.79 Å². The summed E-state index contributed by atoms with van der Waals surface area (Å²) in [6.07, 6.45) is 3.13. The summed E-state index contributed by atoms with van der Waals surface area (Å²) in [5.74, 6) is -0.324. The number of rotatable bonds is 6. The molecule has 0 aliphatic heterocycles. The van der Waals surface area contributed by atoms with E-state index in [9.17, 15) is 4.79 Å². The Morgan fingerprint density at radius 2 is 2.07 bits per heavy atom. The minimum absolute atomic E-state index is 0. The SMILES string of the molecule is C=CCCC(=C)C(=O)OCN(C)C.I. The summed E-state index contributed by atoms with van der Waals surface area (Å²) in [5.41, 5.74) is 0.502. The van der Waals surface area contributed by atoms with Crippen LogP contribution in [0.5, 0.6) is 0 Å². The van der Waals surface area contributed by atoms with E-state index in [0.717, 1.165) is 6.42 Å². The Morgan fingerprint density at radius 3 is 2.50 bits per heavy atom. The fourth-order valence-corrected chi connectivity index (χ4v) is 0.668. The van der Waals surface area contributed by atoms with Crippen LogP contribution in [0, 0.1) is 0 Å². The molecule has 0 atom stereocenters. The van der Waals surface area contributed by atoms with Crippen molar-refractivity contribution in [2.24, 2.45) is 0 Å². The Balaban J connectivity index is 0. The van der Waals surface area contributed by atoms with Crippen molar-refractivity contribution in [3.05, 3.63) is 24.8 Å². The number of esters is 1. The number of hydrogen-bond donors (Lipinski definition) is 0. The van der Waals surface area contributed by atoms with E-state index in [1.54, 1.807) is 11.0 Å². The second-order valence-corrected chi connectivity index (χ2v) is 3.07. The van der Waals surface area contributed by atoms with Crippen molar-refractivity contribution in [3.63, 3.8) is 0 Å². The first kappa shape index (κ1) is 16.1. The molecule has 0 saturated carbocycles. The number of allylic oxidation sites excluding steroid dienone is 1. The van der Waals surface area contributed by atoms with Gasteiger partial charge in [-0.3, -0.25) is 4.90 Å². The van der Waals surface area contributed by atoms with E-state index in [0.29, 0.717) is 18.7 Å². The Bertz CT molecular complexity index is 202. The third kappa shape index (κ3) is 8.25. The molecule has 0 aromatic carbocycles. The monoisotopic (exact) mass is 311 g/mol. The molecule has 14 heavy (non-hydrogen) atoms. The Labute approximate surface area is 103 Å². The van der Waals surface area contributed by atoms with Crippen molar-refractivity contribution < 1.29 is 9.53 Å². The maximum absolute atomic E-state index is 11.2. The van der Waals surface area contributed by atoms with Crippen molar-refractivity contribution in [2.75, 3.05) is 20.8 Å². The van der Waals surface area contributed by atoms with Crippen LogP contribution in [0.3, 0.4) is 0 Å². The van der Waals surface area contributed by atoms with Crippen molar-refractivity contribution in [1.82, 2.24) is 4.90 Å². The lowest BCUT2D eigenvalue weighted by Crippen LogP contribution is -2.20. The van der Waals surface area contributed by atoms with Crippen LogP contribution in [0.2, 0.25) is 0 Å². The lowest BCUT2D eigenvalue weighted by molar-refractivity contribution is -0.142. The van der Waals surface area contributed by atoms with E-state index in [1.807, 2.05) is 14.1 Å². The zero-order chi connectivity index (χ0) is 10.3. The molecule has 0 bridgehead atoms. The summed E-state index contributed by atoms with van der Waals surface area (Å²) in [7, 11) is 3.67. The molecule has 0 rings (SSSR count). The van der Waals surface area contributed by atoms with Crippen LogP contribution < -0.4 is 0 Å². The van der Waals surface area contributed by atoms with Gasteiger partial charge in [0.25, 0.3) is 0 Å². The second-order valence-electron chi connectivity index (χ2n) is 3.07. The number of carbonyl (C=O) groups is 1. The average Bonchev–Trinajstić information content (AvgIpc) is 2.10. The quantitative estimate of drug-likeness (QED) is 0.248. The zero-order valence-corrected chi connectivity index (χ0v) is 11.1. The van der Waals surface area contributed by atoms with Crippen LogP contribution >= 0.6 is 24.0 Å². The topological polar surface area (TPSA) is 29.5 Å². The lowest BCUT2D eigenvalue weighted by Gasteiger charge is -2.10. The normalized spacial score (nSPS) is 9.07. The highest BCUT2D eigenvalue weighted by Gasteiger charge is 2.07. The summed E-state index contributed by atoms with van der Waals surface area (Å²) in [6, 6.07) is 0. The molecule has 0 N–H and O–H groups in total. The van der Waals surface area contributed by atoms with E-state index in [2.05, 4.69) is 13.2 Å². The standard InChI is InChI=1S/C10H17NO2.HI/c1-5-6-7-9(2)10(12)13-8-11(3)4;/h5H,1-2,6-8H2,3-4H3;1H. The summed E-state index contributed by atoms with van der Waals surface area (Å²) < 4.78 is 4.92. The maximum atomic E-state index is 11.2. The van der Waals surface area contributed by atoms with E-state index in [1.165, 1.54) is 0 Å². The number of hydrogen-bond acceptors (Lipinski definition) is 3. The molecule has 0 aromatic rings. The molecule has 0 aliphatic carbocycles. The van der Waals surface area contributed by atoms with Crippen molar-refractivity contribution in [1.29, 1.82) is 0 Å². The fraction of sp³-hybridized carbons (Fsp3) is 0.500. The van der Waals surface area contributed by atoms with Crippen molar-refractivity contribution in [3.8, 4) is 0 Å². The van der Waals surface area contributed by atoms with Gasteiger partial charge in [0.05, 0.1) is 0 Å². The predicted molar refractivity (Wildman–Crippen MR) is 68.6 cm³/mol. The molecular formula is C10H18INO2. The second kappa shape index (κ2) is 9.21. The largest absolute Gasteiger partial charge is 0.446 e. The first-order valence-corrected chi connectivity index (χ1v) is 4.18. The van der Waals surface area contributed by atoms with Gasteiger partial charge in [0, 0.05) is 5.57 Å². The molecule has 0 unspecified atom stereocenters. The number of ether oxygens (including phenoxy) is 1. The minimum atomic E-state index is -0.324. The van der Waals surface area contributed by atoms with Crippen LogP contribution in [0.4, 0.5) is 0 Å². The van der Waals surface area contributed by atoms with Crippen LogP contribution in [0.25, 0.3) is 0 Å². The zero-order valence-electron chi connectivity index (χ0n) is 8.78. The number of nitrogens with zero attached hydrogens (tertiary/aromatic N) is 1. The molecule has 0 radical (unpaired) electrons. The van der Waals surface area contributed by atoms with Gasteiger partial charge < -0.3 is 4.74 Å². The Morgan fingerprint density at radius 1 is 1.50 bits per heavy atom. The molecular weight excluding hydrogens is 293 g/mol. The van der Waals surface area contributed by atoms with Gasteiger partial charge in [0.2, 0.25) is 0 Å². The summed E-state index contributed by atoms with van der Waals surface area (Å²) >= 11 is 0. The maximum Gasteiger partial charge on any atom is 0.334 e. The molecule has 3 nitrogen and oxygen atoms in total. The fourth-order valence-electron chi connectivity index (χ4n) is 0.668. The lowest BCUT2D eigenvalue weighted by atomic mass is 10.2. The van der Waals surface area contributed by atoms with Crippen molar-refractivity contribution in [2.45, 2.75) is 12.8 Å². The summed E-state index contributed by atoms with van der Waals surface area (Å²) in [6.45, 7) is 7.49. The summed E-state index contributed by atoms with van der Waals surface area (Å²) in [5, 5.41) is 0. The first-order valence-electron chi connectivity index (χ1n) is 4.18. The third-order valence-electron chi connectivity index (χ3n) is 1.39. The van der Waals surface area contributed by atoms with E-state index in [-0.39, 0.29) is 29.9 Å². The average molecular weight is 311 g/mol. The minimum Gasteiger partial charge on any atom is -0.446 e. The van der Waals surface area contributed by atoms with Gasteiger partial charge >= 0.3 is 5.97 Å². The first-order chi connectivity index (χ1) is 6.07. The third-order valence-corrected chi connectivity index (χ3v) is 1.39. The van der Waals surface area contributed by atoms with E-state index < -0.39 is 0 Å². The van der Waals surface area contributed by atoms with E-state index >= 15 is 0 Å². The van der Waals surface area contributed by atoms with Gasteiger partial charge in [-0.15, -0.1) is 30.6 Å².